The van der Waals surface area contributed by atoms with Crippen LogP contribution in [0, 0.1) is 17.2 Å². The Morgan fingerprint density at radius 3 is 2.57 bits per heavy atom. The molecule has 3 aliphatic rings. The molecule has 1 aromatic carbocycles. The summed E-state index contributed by atoms with van der Waals surface area (Å²) in [6.07, 6.45) is 9.07. The summed E-state index contributed by atoms with van der Waals surface area (Å²) < 4.78 is 36.5. The average Bonchev–Trinajstić information content (AvgIpc) is 3.05. The highest BCUT2D eigenvalue weighted by Gasteiger charge is 2.41. The lowest BCUT2D eigenvalue weighted by molar-refractivity contribution is -0.139. The monoisotopic (exact) mass is 626 g/mol. The number of piperidine rings is 1. The molecular formula is C36H40F2N6O2. The van der Waals surface area contributed by atoms with Gasteiger partial charge in [0, 0.05) is 46.8 Å². The number of hydrogen-bond donors (Lipinski definition) is 1. The Labute approximate surface area is 268 Å². The van der Waals surface area contributed by atoms with Crippen molar-refractivity contribution in [3.05, 3.63) is 83.2 Å². The Hall–Kier alpha value is -3.89. The maximum absolute atomic E-state index is 15.6. The van der Waals surface area contributed by atoms with Crippen molar-refractivity contribution in [2.75, 3.05) is 32.8 Å². The zero-order valence-electron chi connectivity index (χ0n) is 26.4. The van der Waals surface area contributed by atoms with E-state index in [0.29, 0.717) is 30.1 Å². The quantitative estimate of drug-likeness (QED) is 0.255. The number of rotatable bonds is 8. The molecule has 1 amide bonds. The molecule has 2 atom stereocenters. The van der Waals surface area contributed by atoms with Crippen LogP contribution in [-0.2, 0) is 17.6 Å². The zero-order chi connectivity index (χ0) is 31.9. The number of alkyl halides is 1. The molecule has 2 saturated heterocycles. The molecule has 3 aromatic heterocycles. The van der Waals surface area contributed by atoms with Crippen molar-refractivity contribution in [1.82, 2.24) is 30.4 Å². The molecule has 240 valence electrons. The molecule has 8 nitrogen and oxygen atoms in total. The van der Waals surface area contributed by atoms with E-state index in [4.69, 9.17) is 4.74 Å². The molecule has 4 aromatic rings. The maximum atomic E-state index is 15.6. The number of aryl methyl sites for hydroxylation is 1. The number of benzene rings is 1. The molecule has 7 rings (SSSR count). The van der Waals surface area contributed by atoms with Gasteiger partial charge in [0.15, 0.2) is 0 Å². The van der Waals surface area contributed by atoms with Crippen LogP contribution in [0.25, 0.3) is 22.2 Å². The van der Waals surface area contributed by atoms with Crippen molar-refractivity contribution in [3.8, 4) is 11.3 Å². The van der Waals surface area contributed by atoms with Gasteiger partial charge in [0.1, 0.15) is 17.0 Å². The van der Waals surface area contributed by atoms with Crippen LogP contribution in [0.1, 0.15) is 72.8 Å². The van der Waals surface area contributed by atoms with Crippen LogP contribution in [0.15, 0.2) is 55.0 Å². The summed E-state index contributed by atoms with van der Waals surface area (Å²) in [5.74, 6) is -1.07. The number of nitrogens with one attached hydrogen (secondary N) is 1. The minimum atomic E-state index is -1.32. The standard InChI is InChI=1S/C36H40F2N6O2/c1-23(2)36(38)8-5-31-28(18-36)16-26-15-27(17-29(37)33(26)42-31)34(45)43-32(7-12-44-13-9-35(10-14-44)21-46-22-35)24-3-4-30(39-19-24)25-6-11-40-41-20-25/h3-4,6,11,15-17,19-20,23,32H,5,7-10,12-14,18,21-22H2,1-2H3,(H,43,45). The maximum Gasteiger partial charge on any atom is 0.251 e. The van der Waals surface area contributed by atoms with Gasteiger partial charge in [-0.05, 0) is 92.6 Å². The first kappa shape index (κ1) is 30.7. The fourth-order valence-corrected chi connectivity index (χ4v) is 7.08. The van der Waals surface area contributed by atoms with Gasteiger partial charge < -0.3 is 15.0 Å². The smallest absolute Gasteiger partial charge is 0.251 e. The Bertz CT molecular complexity index is 1720. The van der Waals surface area contributed by atoms with Crippen molar-refractivity contribution in [3.63, 3.8) is 0 Å². The van der Waals surface area contributed by atoms with Crippen molar-refractivity contribution < 1.29 is 18.3 Å². The number of carbonyl (C=O) groups excluding carboxylic acids is 1. The van der Waals surface area contributed by atoms with Crippen LogP contribution in [-0.4, -0.2) is 69.5 Å². The first-order chi connectivity index (χ1) is 22.2. The molecule has 10 heteroatoms. The van der Waals surface area contributed by atoms with Gasteiger partial charge in [-0.25, -0.2) is 13.8 Å². The second-order valence-corrected chi connectivity index (χ2v) is 13.7. The Morgan fingerprint density at radius 1 is 1.07 bits per heavy atom. The van der Waals surface area contributed by atoms with Crippen molar-refractivity contribution in [1.29, 1.82) is 0 Å². The van der Waals surface area contributed by atoms with Gasteiger partial charge in [-0.15, -0.1) is 0 Å². The molecule has 1 aliphatic carbocycles. The van der Waals surface area contributed by atoms with Gasteiger partial charge in [-0.2, -0.15) is 10.2 Å². The minimum absolute atomic E-state index is 0.134. The number of likely N-dealkylation sites (tertiary alicyclic amines) is 1. The molecule has 2 unspecified atom stereocenters. The predicted molar refractivity (Wildman–Crippen MR) is 171 cm³/mol. The fraction of sp³-hybridized carbons (Fsp3) is 0.472. The summed E-state index contributed by atoms with van der Waals surface area (Å²) >= 11 is 0. The number of amides is 1. The van der Waals surface area contributed by atoms with Crippen LogP contribution in [0.3, 0.4) is 0 Å². The average molecular weight is 627 g/mol. The topological polar surface area (TPSA) is 93.1 Å². The number of hydrogen-bond acceptors (Lipinski definition) is 7. The van der Waals surface area contributed by atoms with Crippen LogP contribution in [0.4, 0.5) is 8.78 Å². The zero-order valence-corrected chi connectivity index (χ0v) is 26.4. The fourth-order valence-electron chi connectivity index (χ4n) is 7.08. The SMILES string of the molecule is CC(C)C1(F)CCc2nc3c(F)cc(C(=O)NC(CCN4CCC5(CC4)COC5)c4ccc(-c5ccnnc5)nc4)cc3cc2C1. The van der Waals surface area contributed by atoms with Crippen molar-refractivity contribution in [2.24, 2.45) is 11.3 Å². The van der Waals surface area contributed by atoms with Gasteiger partial charge in [0.2, 0.25) is 0 Å². The summed E-state index contributed by atoms with van der Waals surface area (Å²) in [5.41, 5.74) is 3.46. The Kier molecular flexibility index (Phi) is 8.27. The highest BCUT2D eigenvalue weighted by molar-refractivity contribution is 5.98. The number of pyridine rings is 2. The van der Waals surface area contributed by atoms with Gasteiger partial charge in [0.25, 0.3) is 5.91 Å². The summed E-state index contributed by atoms with van der Waals surface area (Å²) in [4.78, 5) is 25.4. The summed E-state index contributed by atoms with van der Waals surface area (Å²) in [6.45, 7) is 8.31. The van der Waals surface area contributed by atoms with E-state index in [1.807, 2.05) is 38.1 Å². The highest BCUT2D eigenvalue weighted by Crippen LogP contribution is 2.39. The molecule has 1 N–H and O–H groups in total. The highest BCUT2D eigenvalue weighted by atomic mass is 19.1. The molecule has 46 heavy (non-hydrogen) atoms. The lowest BCUT2D eigenvalue weighted by Crippen LogP contribution is -2.51. The van der Waals surface area contributed by atoms with E-state index in [0.717, 1.165) is 73.8 Å². The number of halogens is 2. The van der Waals surface area contributed by atoms with Crippen LogP contribution in [0.2, 0.25) is 0 Å². The first-order valence-electron chi connectivity index (χ1n) is 16.4. The number of nitrogens with zero attached hydrogens (tertiary/aromatic N) is 5. The molecule has 1 spiro atoms. The Morgan fingerprint density at radius 2 is 1.89 bits per heavy atom. The molecule has 0 saturated carbocycles. The van der Waals surface area contributed by atoms with Crippen molar-refractivity contribution in [2.45, 2.75) is 64.1 Å². The Balaban J connectivity index is 1.12. The van der Waals surface area contributed by atoms with Gasteiger partial charge >= 0.3 is 0 Å². The van der Waals surface area contributed by atoms with Crippen LogP contribution in [0.5, 0.6) is 0 Å². The number of aromatic nitrogens is 4. The number of fused-ring (bicyclic) bond motifs is 2. The summed E-state index contributed by atoms with van der Waals surface area (Å²) in [7, 11) is 0. The molecule has 2 aliphatic heterocycles. The minimum Gasteiger partial charge on any atom is -0.380 e. The van der Waals surface area contributed by atoms with Crippen LogP contribution < -0.4 is 5.32 Å². The third kappa shape index (κ3) is 6.12. The predicted octanol–water partition coefficient (Wildman–Crippen LogP) is 6.05. The summed E-state index contributed by atoms with van der Waals surface area (Å²) in [6, 6.07) is 10.1. The van der Waals surface area contributed by atoms with E-state index in [-0.39, 0.29) is 35.4 Å². The van der Waals surface area contributed by atoms with E-state index < -0.39 is 11.5 Å². The van der Waals surface area contributed by atoms with Gasteiger partial charge in [-0.3, -0.25) is 9.78 Å². The first-order valence-corrected chi connectivity index (χ1v) is 16.4. The molecule has 0 bridgehead atoms. The molecule has 5 heterocycles. The third-order valence-electron chi connectivity index (χ3n) is 10.4. The van der Waals surface area contributed by atoms with E-state index in [1.54, 1.807) is 24.7 Å². The number of carbonyl (C=O) groups is 1. The van der Waals surface area contributed by atoms with Crippen LogP contribution >= 0.6 is 0 Å². The third-order valence-corrected chi connectivity index (χ3v) is 10.4. The van der Waals surface area contributed by atoms with E-state index in [2.05, 4.69) is 30.4 Å². The second-order valence-electron chi connectivity index (χ2n) is 13.7. The van der Waals surface area contributed by atoms with E-state index in [9.17, 15) is 4.79 Å². The lowest BCUT2D eigenvalue weighted by Gasteiger charge is -2.47. The van der Waals surface area contributed by atoms with E-state index in [1.165, 1.54) is 6.07 Å². The number of ether oxygens (including phenoxy) is 1. The normalized spacial score (nSPS) is 21.6. The van der Waals surface area contributed by atoms with Gasteiger partial charge in [-0.1, -0.05) is 19.9 Å². The lowest BCUT2D eigenvalue weighted by atomic mass is 9.77. The van der Waals surface area contributed by atoms with Crippen molar-refractivity contribution >= 4 is 16.8 Å². The largest absolute Gasteiger partial charge is 0.380 e. The summed E-state index contributed by atoms with van der Waals surface area (Å²) in [5, 5.41) is 11.5. The molecular weight excluding hydrogens is 586 g/mol. The van der Waals surface area contributed by atoms with E-state index >= 15 is 8.78 Å². The molecule has 0 radical (unpaired) electrons. The van der Waals surface area contributed by atoms with Gasteiger partial charge in [0.05, 0.1) is 37.3 Å². The molecule has 2 fully saturated rings. The second kappa shape index (κ2) is 12.4.